The molecular formula is C12H16Cl3NO. The molecule has 0 bridgehead atoms. The molecule has 2 nitrogen and oxygen atoms in total. The van der Waals surface area contributed by atoms with Gasteiger partial charge in [0.2, 0.25) is 3.79 Å². The van der Waals surface area contributed by atoms with E-state index in [1.807, 2.05) is 18.2 Å². The van der Waals surface area contributed by atoms with Crippen LogP contribution < -0.4 is 5.73 Å². The van der Waals surface area contributed by atoms with Crippen LogP contribution in [-0.2, 0) is 11.2 Å². The normalized spacial score (nSPS) is 13.6. The summed E-state index contributed by atoms with van der Waals surface area (Å²) in [7, 11) is 0. The lowest BCUT2D eigenvalue weighted by Crippen LogP contribution is -2.36. The number of rotatable bonds is 6. The molecule has 1 aromatic carbocycles. The molecule has 0 aliphatic rings. The van der Waals surface area contributed by atoms with Gasteiger partial charge in [-0.05, 0) is 18.4 Å². The number of halogens is 3. The molecule has 0 fully saturated rings. The lowest BCUT2D eigenvalue weighted by atomic mass is 10.1. The van der Waals surface area contributed by atoms with Crippen molar-refractivity contribution in [2.75, 3.05) is 13.2 Å². The molecule has 0 spiro atoms. The summed E-state index contributed by atoms with van der Waals surface area (Å²) in [5.74, 6) is 0. The van der Waals surface area contributed by atoms with Crippen LogP contribution in [0.1, 0.15) is 12.0 Å². The maximum absolute atomic E-state index is 5.72. The molecule has 2 N–H and O–H groups in total. The Kier molecular flexibility index (Phi) is 6.60. The van der Waals surface area contributed by atoms with Gasteiger partial charge in [-0.3, -0.25) is 0 Å². The van der Waals surface area contributed by atoms with E-state index in [1.165, 1.54) is 5.56 Å². The highest BCUT2D eigenvalue weighted by molar-refractivity contribution is 6.68. The second kappa shape index (κ2) is 7.45. The maximum Gasteiger partial charge on any atom is 0.217 e. The second-order valence-corrected chi connectivity index (χ2v) is 6.09. The van der Waals surface area contributed by atoms with E-state index in [2.05, 4.69) is 12.1 Å². The Morgan fingerprint density at radius 3 is 2.35 bits per heavy atom. The number of alkyl halides is 3. The minimum absolute atomic E-state index is 0.196. The highest BCUT2D eigenvalue weighted by atomic mass is 35.6. The molecule has 1 atom stereocenters. The molecular weight excluding hydrogens is 280 g/mol. The zero-order valence-corrected chi connectivity index (χ0v) is 11.7. The topological polar surface area (TPSA) is 35.2 Å². The Morgan fingerprint density at radius 2 is 1.82 bits per heavy atom. The number of hydrogen-bond donors (Lipinski definition) is 1. The van der Waals surface area contributed by atoms with Crippen LogP contribution in [0.25, 0.3) is 0 Å². The van der Waals surface area contributed by atoms with Gasteiger partial charge in [-0.25, -0.2) is 0 Å². The molecule has 0 aliphatic carbocycles. The van der Waals surface area contributed by atoms with Gasteiger partial charge in [0.15, 0.2) is 0 Å². The van der Waals surface area contributed by atoms with E-state index in [-0.39, 0.29) is 6.54 Å². The van der Waals surface area contributed by atoms with Crippen LogP contribution in [-0.4, -0.2) is 23.0 Å². The first-order valence-electron chi connectivity index (χ1n) is 5.46. The van der Waals surface area contributed by atoms with Crippen LogP contribution in [0.2, 0.25) is 0 Å². The summed E-state index contributed by atoms with van der Waals surface area (Å²) in [4.78, 5) is 0. The fourth-order valence-corrected chi connectivity index (χ4v) is 1.90. The molecule has 17 heavy (non-hydrogen) atoms. The quantitative estimate of drug-likeness (QED) is 0.645. The van der Waals surface area contributed by atoms with Crippen molar-refractivity contribution in [2.45, 2.75) is 22.7 Å². The largest absolute Gasteiger partial charge is 0.372 e. The van der Waals surface area contributed by atoms with Crippen LogP contribution in [0.4, 0.5) is 0 Å². The predicted octanol–water partition coefficient (Wildman–Crippen LogP) is 3.33. The van der Waals surface area contributed by atoms with Gasteiger partial charge in [-0.2, -0.15) is 0 Å². The summed E-state index contributed by atoms with van der Waals surface area (Å²) in [5.41, 5.74) is 6.75. The third-order valence-corrected chi connectivity index (χ3v) is 3.08. The zero-order chi connectivity index (χ0) is 12.7. The first-order valence-corrected chi connectivity index (χ1v) is 6.59. The Bertz CT molecular complexity index is 313. The van der Waals surface area contributed by atoms with Gasteiger partial charge in [0.05, 0.1) is 0 Å². The van der Waals surface area contributed by atoms with Gasteiger partial charge in [0, 0.05) is 13.2 Å². The standard InChI is InChI=1S/C12H16Cl3NO/c13-12(14,15)11(9-16)17-8-4-7-10-5-2-1-3-6-10/h1-3,5-6,11H,4,7-9,16H2. The summed E-state index contributed by atoms with van der Waals surface area (Å²) in [6, 6.07) is 10.2. The van der Waals surface area contributed by atoms with Crippen LogP contribution in [0, 0.1) is 0 Å². The number of ether oxygens (including phenoxy) is 1. The van der Waals surface area contributed by atoms with Crippen molar-refractivity contribution < 1.29 is 4.74 Å². The molecule has 0 aliphatic heterocycles. The van der Waals surface area contributed by atoms with Crippen molar-refractivity contribution in [3.8, 4) is 0 Å². The van der Waals surface area contributed by atoms with Crippen molar-refractivity contribution in [2.24, 2.45) is 5.73 Å². The van der Waals surface area contributed by atoms with Crippen molar-refractivity contribution in [3.05, 3.63) is 35.9 Å². The smallest absolute Gasteiger partial charge is 0.217 e. The fourth-order valence-electron chi connectivity index (χ4n) is 1.44. The zero-order valence-electron chi connectivity index (χ0n) is 9.41. The highest BCUT2D eigenvalue weighted by Crippen LogP contribution is 2.31. The first kappa shape index (κ1) is 15.1. The van der Waals surface area contributed by atoms with Crippen LogP contribution >= 0.6 is 34.8 Å². The summed E-state index contributed by atoms with van der Waals surface area (Å²) >= 11 is 17.2. The van der Waals surface area contributed by atoms with E-state index in [4.69, 9.17) is 45.3 Å². The minimum atomic E-state index is -1.46. The number of benzene rings is 1. The average Bonchev–Trinajstić information content (AvgIpc) is 2.28. The van der Waals surface area contributed by atoms with Gasteiger partial charge >= 0.3 is 0 Å². The molecule has 1 rings (SSSR count). The van der Waals surface area contributed by atoms with E-state index in [1.54, 1.807) is 0 Å². The van der Waals surface area contributed by atoms with Gasteiger partial charge in [-0.1, -0.05) is 65.1 Å². The monoisotopic (exact) mass is 295 g/mol. The number of nitrogens with two attached hydrogens (primary N) is 1. The Labute approximate surface area is 117 Å². The van der Waals surface area contributed by atoms with Crippen LogP contribution in [0.3, 0.4) is 0 Å². The number of aryl methyl sites for hydroxylation is 1. The van der Waals surface area contributed by atoms with Crippen molar-refractivity contribution >= 4 is 34.8 Å². The van der Waals surface area contributed by atoms with Crippen molar-refractivity contribution in [1.82, 2.24) is 0 Å². The SMILES string of the molecule is NCC(OCCCc1ccccc1)C(Cl)(Cl)Cl. The third-order valence-electron chi connectivity index (χ3n) is 2.35. The third kappa shape index (κ3) is 5.94. The van der Waals surface area contributed by atoms with E-state index in [0.717, 1.165) is 12.8 Å². The molecule has 1 unspecified atom stereocenters. The first-order chi connectivity index (χ1) is 8.04. The van der Waals surface area contributed by atoms with Gasteiger partial charge in [-0.15, -0.1) is 0 Å². The van der Waals surface area contributed by atoms with Crippen molar-refractivity contribution in [3.63, 3.8) is 0 Å². The molecule has 1 aromatic rings. The molecule has 0 heterocycles. The molecule has 0 saturated heterocycles. The van der Waals surface area contributed by atoms with Gasteiger partial charge in [0.25, 0.3) is 0 Å². The van der Waals surface area contributed by atoms with Crippen LogP contribution in [0.5, 0.6) is 0 Å². The molecule has 0 amide bonds. The van der Waals surface area contributed by atoms with Gasteiger partial charge < -0.3 is 10.5 Å². The Hall–Kier alpha value is 0.01000. The fraction of sp³-hybridized carbons (Fsp3) is 0.500. The average molecular weight is 297 g/mol. The predicted molar refractivity (Wildman–Crippen MR) is 73.8 cm³/mol. The Balaban J connectivity index is 2.24. The summed E-state index contributed by atoms with van der Waals surface area (Å²) in [6.07, 6.45) is 1.27. The lowest BCUT2D eigenvalue weighted by Gasteiger charge is -2.23. The molecule has 0 aromatic heterocycles. The lowest BCUT2D eigenvalue weighted by molar-refractivity contribution is 0.0602. The van der Waals surface area contributed by atoms with E-state index < -0.39 is 9.90 Å². The summed E-state index contributed by atoms with van der Waals surface area (Å²) in [6.45, 7) is 0.729. The van der Waals surface area contributed by atoms with E-state index >= 15 is 0 Å². The summed E-state index contributed by atoms with van der Waals surface area (Å²) in [5, 5.41) is 0. The Morgan fingerprint density at radius 1 is 1.18 bits per heavy atom. The van der Waals surface area contributed by atoms with Gasteiger partial charge in [0.1, 0.15) is 6.10 Å². The van der Waals surface area contributed by atoms with Crippen molar-refractivity contribution in [1.29, 1.82) is 0 Å². The highest BCUT2D eigenvalue weighted by Gasteiger charge is 2.32. The molecule has 0 radical (unpaired) electrons. The summed E-state index contributed by atoms with van der Waals surface area (Å²) < 4.78 is 4.00. The second-order valence-electron chi connectivity index (χ2n) is 3.73. The van der Waals surface area contributed by atoms with Crippen LogP contribution in [0.15, 0.2) is 30.3 Å². The molecule has 0 saturated carbocycles. The maximum atomic E-state index is 5.72. The molecule has 96 valence electrons. The minimum Gasteiger partial charge on any atom is -0.372 e. The molecule has 5 heteroatoms. The van der Waals surface area contributed by atoms with E-state index in [0.29, 0.717) is 6.61 Å². The number of hydrogen-bond acceptors (Lipinski definition) is 2. The van der Waals surface area contributed by atoms with E-state index in [9.17, 15) is 0 Å².